The minimum Gasteiger partial charge on any atom is -0.376 e. The van der Waals surface area contributed by atoms with Gasteiger partial charge in [-0.2, -0.15) is 0 Å². The summed E-state index contributed by atoms with van der Waals surface area (Å²) < 4.78 is 33.9. The zero-order valence-corrected chi connectivity index (χ0v) is 19.3. The molecule has 2 heterocycles. The first-order valence-corrected chi connectivity index (χ1v) is 12.4. The number of amides is 2. The molecule has 3 rings (SSSR count). The van der Waals surface area contributed by atoms with Crippen molar-refractivity contribution in [1.29, 1.82) is 0 Å². The van der Waals surface area contributed by atoms with Crippen LogP contribution in [0, 0.1) is 0 Å². The Morgan fingerprint density at radius 3 is 2.68 bits per heavy atom. The molecule has 1 aromatic heterocycles. The summed E-state index contributed by atoms with van der Waals surface area (Å²) in [6.07, 6.45) is 3.34. The lowest BCUT2D eigenvalue weighted by molar-refractivity contribution is 0.0935. The zero-order chi connectivity index (χ0) is 22.4. The van der Waals surface area contributed by atoms with E-state index in [0.717, 1.165) is 12.8 Å². The summed E-state index contributed by atoms with van der Waals surface area (Å²) in [6, 6.07) is 8.91. The molecule has 2 aromatic rings. The predicted octanol–water partition coefficient (Wildman–Crippen LogP) is 2.98. The highest BCUT2D eigenvalue weighted by Crippen LogP contribution is 2.22. The van der Waals surface area contributed by atoms with Crippen molar-refractivity contribution in [3.63, 3.8) is 0 Å². The van der Waals surface area contributed by atoms with Gasteiger partial charge in [0.05, 0.1) is 36.8 Å². The van der Waals surface area contributed by atoms with E-state index in [0.29, 0.717) is 31.0 Å². The number of nitrogens with one attached hydrogen (secondary N) is 1. The van der Waals surface area contributed by atoms with E-state index in [1.807, 2.05) is 39.0 Å². The van der Waals surface area contributed by atoms with Crippen LogP contribution >= 0.6 is 0 Å². The van der Waals surface area contributed by atoms with Gasteiger partial charge in [-0.25, -0.2) is 18.2 Å². The minimum atomic E-state index is -3.67. The minimum absolute atomic E-state index is 0.0140. The second-order valence-corrected chi connectivity index (χ2v) is 10.0. The van der Waals surface area contributed by atoms with Gasteiger partial charge in [-0.1, -0.05) is 30.3 Å². The molecule has 0 bridgehead atoms. The molecule has 31 heavy (non-hydrogen) atoms. The van der Waals surface area contributed by atoms with Gasteiger partial charge < -0.3 is 19.5 Å². The molecule has 1 fully saturated rings. The third-order valence-corrected chi connectivity index (χ3v) is 6.82. The SMILES string of the molecule is CCN(Cc1cnc(S(=O)(=O)Cc2ccccc2)n1C[C@@H]1CCCO1)C(=O)NC(C)C. The molecule has 1 N–H and O–H groups in total. The van der Waals surface area contributed by atoms with Gasteiger partial charge in [0, 0.05) is 19.2 Å². The molecule has 1 aliphatic rings. The molecule has 1 aromatic carbocycles. The smallest absolute Gasteiger partial charge is 0.317 e. The van der Waals surface area contributed by atoms with E-state index in [4.69, 9.17) is 4.74 Å². The number of urea groups is 1. The van der Waals surface area contributed by atoms with Gasteiger partial charge in [0.2, 0.25) is 15.0 Å². The van der Waals surface area contributed by atoms with Crippen molar-refractivity contribution in [2.24, 2.45) is 0 Å². The van der Waals surface area contributed by atoms with Gasteiger partial charge in [0.1, 0.15) is 0 Å². The molecule has 170 valence electrons. The van der Waals surface area contributed by atoms with Gasteiger partial charge in [0.25, 0.3) is 0 Å². The van der Waals surface area contributed by atoms with Gasteiger partial charge in [-0.15, -0.1) is 0 Å². The van der Waals surface area contributed by atoms with Crippen molar-refractivity contribution in [1.82, 2.24) is 19.8 Å². The number of rotatable bonds is 9. The van der Waals surface area contributed by atoms with Crippen LogP contribution in [0.5, 0.6) is 0 Å². The molecule has 1 aliphatic heterocycles. The van der Waals surface area contributed by atoms with Crippen molar-refractivity contribution in [3.8, 4) is 0 Å². The fraction of sp³-hybridized carbons (Fsp3) is 0.545. The normalized spacial score (nSPS) is 16.6. The summed E-state index contributed by atoms with van der Waals surface area (Å²) >= 11 is 0. The third-order valence-electron chi connectivity index (χ3n) is 5.22. The Kier molecular flexibility index (Phi) is 7.72. The summed E-state index contributed by atoms with van der Waals surface area (Å²) in [5.74, 6) is -0.124. The maximum Gasteiger partial charge on any atom is 0.317 e. The molecule has 0 spiro atoms. The largest absolute Gasteiger partial charge is 0.376 e. The predicted molar refractivity (Wildman–Crippen MR) is 118 cm³/mol. The first-order chi connectivity index (χ1) is 14.8. The monoisotopic (exact) mass is 448 g/mol. The Morgan fingerprint density at radius 2 is 2.06 bits per heavy atom. The maximum absolute atomic E-state index is 13.2. The van der Waals surface area contributed by atoms with Crippen LogP contribution in [0.1, 0.15) is 44.9 Å². The van der Waals surface area contributed by atoms with E-state index >= 15 is 0 Å². The highest BCUT2D eigenvalue weighted by Gasteiger charge is 2.28. The highest BCUT2D eigenvalue weighted by molar-refractivity contribution is 7.90. The summed E-state index contributed by atoms with van der Waals surface area (Å²) in [6.45, 7) is 7.56. The molecular weight excluding hydrogens is 416 g/mol. The summed E-state index contributed by atoms with van der Waals surface area (Å²) in [5, 5.41) is 2.92. The van der Waals surface area contributed by atoms with E-state index in [9.17, 15) is 13.2 Å². The van der Waals surface area contributed by atoms with Gasteiger partial charge in [0.15, 0.2) is 0 Å². The van der Waals surface area contributed by atoms with E-state index in [-0.39, 0.29) is 35.6 Å². The van der Waals surface area contributed by atoms with Gasteiger partial charge >= 0.3 is 6.03 Å². The lowest BCUT2D eigenvalue weighted by Gasteiger charge is -2.24. The van der Waals surface area contributed by atoms with Crippen LogP contribution < -0.4 is 5.32 Å². The Bertz CT molecular complexity index is 967. The number of hydrogen-bond donors (Lipinski definition) is 1. The van der Waals surface area contributed by atoms with Crippen LogP contribution in [-0.4, -0.2) is 54.2 Å². The summed E-state index contributed by atoms with van der Waals surface area (Å²) in [4.78, 5) is 18.5. The molecule has 2 amide bonds. The lowest BCUT2D eigenvalue weighted by Crippen LogP contribution is -2.42. The van der Waals surface area contributed by atoms with Crippen LogP contribution in [0.3, 0.4) is 0 Å². The number of hydrogen-bond acceptors (Lipinski definition) is 5. The van der Waals surface area contributed by atoms with Crippen LogP contribution in [0.4, 0.5) is 4.79 Å². The van der Waals surface area contributed by atoms with Crippen LogP contribution in [0.15, 0.2) is 41.7 Å². The second kappa shape index (κ2) is 10.3. The van der Waals surface area contributed by atoms with Crippen molar-refractivity contribution >= 4 is 15.9 Å². The molecule has 0 aliphatic carbocycles. The average molecular weight is 449 g/mol. The molecule has 0 radical (unpaired) electrons. The number of ether oxygens (including phenoxy) is 1. The molecule has 1 atom stereocenters. The molecular formula is C22H32N4O4S. The van der Waals surface area contributed by atoms with Crippen LogP contribution in [0.25, 0.3) is 0 Å². The summed E-state index contributed by atoms with van der Waals surface area (Å²) in [5.41, 5.74) is 1.39. The average Bonchev–Trinajstić information content (AvgIpc) is 3.36. The highest BCUT2D eigenvalue weighted by atomic mass is 32.2. The molecule has 1 saturated heterocycles. The van der Waals surface area contributed by atoms with Crippen LogP contribution in [0.2, 0.25) is 0 Å². The zero-order valence-electron chi connectivity index (χ0n) is 18.5. The Hall–Kier alpha value is -2.39. The van der Waals surface area contributed by atoms with Crippen LogP contribution in [-0.2, 0) is 33.4 Å². The standard InChI is InChI=1S/C22H32N4O4S/c1-4-25(21(27)24-17(2)3)14-19-13-23-22(26(19)15-20-11-8-12-30-20)31(28,29)16-18-9-6-5-7-10-18/h5-7,9-10,13,17,20H,4,8,11-12,14-16H2,1-3H3,(H,24,27)/t20-/m0/s1. The number of carbonyl (C=O) groups is 1. The molecule has 0 saturated carbocycles. The number of benzene rings is 1. The number of aromatic nitrogens is 2. The lowest BCUT2D eigenvalue weighted by atomic mass is 10.2. The second-order valence-electron chi connectivity index (χ2n) is 8.14. The Morgan fingerprint density at radius 1 is 1.32 bits per heavy atom. The number of imidazole rings is 1. The quantitative estimate of drug-likeness (QED) is 0.637. The third kappa shape index (κ3) is 6.07. The summed E-state index contributed by atoms with van der Waals surface area (Å²) in [7, 11) is -3.67. The van der Waals surface area contributed by atoms with E-state index < -0.39 is 9.84 Å². The number of nitrogens with zero attached hydrogens (tertiary/aromatic N) is 3. The molecule has 8 nitrogen and oxygen atoms in total. The van der Waals surface area contributed by atoms with Crippen molar-refractivity contribution in [2.45, 2.75) is 69.8 Å². The Balaban J connectivity index is 1.90. The maximum atomic E-state index is 13.2. The first kappa shape index (κ1) is 23.3. The Labute approximate surface area is 184 Å². The van der Waals surface area contributed by atoms with Gasteiger partial charge in [-0.05, 0) is 39.2 Å². The first-order valence-electron chi connectivity index (χ1n) is 10.8. The van der Waals surface area contributed by atoms with Crippen molar-refractivity contribution in [3.05, 3.63) is 47.8 Å². The fourth-order valence-corrected chi connectivity index (χ4v) is 5.17. The van der Waals surface area contributed by atoms with Gasteiger partial charge in [-0.3, -0.25) is 0 Å². The van der Waals surface area contributed by atoms with E-state index in [1.165, 1.54) is 0 Å². The molecule has 9 heteroatoms. The number of sulfone groups is 1. The molecule has 0 unspecified atom stereocenters. The van der Waals surface area contributed by atoms with E-state index in [1.54, 1.807) is 27.8 Å². The van der Waals surface area contributed by atoms with E-state index in [2.05, 4.69) is 10.3 Å². The van der Waals surface area contributed by atoms with Crippen molar-refractivity contribution < 1.29 is 17.9 Å². The number of carbonyl (C=O) groups excluding carboxylic acids is 1. The van der Waals surface area contributed by atoms with Crippen molar-refractivity contribution in [2.75, 3.05) is 13.2 Å². The topological polar surface area (TPSA) is 93.5 Å². The fourth-order valence-electron chi connectivity index (χ4n) is 3.67.